The molecule has 9 heteroatoms. The second-order valence-corrected chi connectivity index (χ2v) is 5.94. The first-order valence-electron chi connectivity index (χ1n) is 8.93. The fourth-order valence-corrected chi connectivity index (χ4v) is 2.57. The van der Waals surface area contributed by atoms with Gasteiger partial charge in [-0.15, -0.1) is 0 Å². The van der Waals surface area contributed by atoms with E-state index >= 15 is 0 Å². The standard InChI is InChI=1S/C20H18N4O5/c1-2-27-16-7-4-3-6-14(16)22-20(26)13(12-21)15(25)9-10-18-23-19(24-29-18)17-8-5-11-28-17/h3-8,11,13H,2,9-10H2,1H3,(H,22,26). The van der Waals surface area contributed by atoms with Crippen molar-refractivity contribution in [2.45, 2.75) is 19.8 Å². The second kappa shape index (κ2) is 9.32. The molecule has 0 spiro atoms. The molecular weight excluding hydrogens is 376 g/mol. The molecule has 9 nitrogen and oxygen atoms in total. The maximum absolute atomic E-state index is 12.4. The van der Waals surface area contributed by atoms with Gasteiger partial charge in [0, 0.05) is 12.8 Å². The number of carbonyl (C=O) groups excluding carboxylic acids is 2. The molecule has 3 aromatic rings. The zero-order chi connectivity index (χ0) is 20.6. The van der Waals surface area contributed by atoms with Crippen molar-refractivity contribution >= 4 is 17.4 Å². The van der Waals surface area contributed by atoms with Crippen LogP contribution in [0.5, 0.6) is 5.75 Å². The van der Waals surface area contributed by atoms with Crippen LogP contribution in [-0.2, 0) is 16.0 Å². The summed E-state index contributed by atoms with van der Waals surface area (Å²) in [6.07, 6.45) is 1.49. The van der Waals surface area contributed by atoms with E-state index in [2.05, 4.69) is 15.5 Å². The van der Waals surface area contributed by atoms with E-state index < -0.39 is 17.6 Å². The van der Waals surface area contributed by atoms with Gasteiger partial charge >= 0.3 is 0 Å². The Hall–Kier alpha value is -3.93. The number of carbonyl (C=O) groups is 2. The Labute approximate surface area is 166 Å². The molecule has 3 rings (SSSR count). The minimum atomic E-state index is -1.46. The first kappa shape index (κ1) is 19.8. The first-order chi connectivity index (χ1) is 14.1. The SMILES string of the molecule is CCOc1ccccc1NC(=O)C(C#N)C(=O)CCc1nc(-c2ccco2)no1. The summed E-state index contributed by atoms with van der Waals surface area (Å²) in [4.78, 5) is 29.0. The molecule has 1 unspecified atom stereocenters. The van der Waals surface area contributed by atoms with Gasteiger partial charge in [0.15, 0.2) is 17.5 Å². The molecule has 0 aliphatic carbocycles. The van der Waals surface area contributed by atoms with Crippen molar-refractivity contribution < 1.29 is 23.3 Å². The van der Waals surface area contributed by atoms with Crippen LogP contribution >= 0.6 is 0 Å². The number of aromatic nitrogens is 2. The molecule has 1 amide bonds. The number of nitrogens with zero attached hydrogens (tertiary/aromatic N) is 3. The summed E-state index contributed by atoms with van der Waals surface area (Å²) >= 11 is 0. The van der Waals surface area contributed by atoms with E-state index in [0.29, 0.717) is 23.8 Å². The van der Waals surface area contributed by atoms with Crippen LogP contribution in [0.25, 0.3) is 11.6 Å². The molecule has 0 aliphatic heterocycles. The number of hydrogen-bond acceptors (Lipinski definition) is 8. The van der Waals surface area contributed by atoms with Gasteiger partial charge in [0.25, 0.3) is 0 Å². The Morgan fingerprint density at radius 2 is 2.10 bits per heavy atom. The summed E-state index contributed by atoms with van der Waals surface area (Å²) in [6.45, 7) is 2.23. The van der Waals surface area contributed by atoms with Crippen molar-refractivity contribution in [2.75, 3.05) is 11.9 Å². The number of Topliss-reactive ketones (excluding diaryl/α,β-unsaturated/α-hetero) is 1. The van der Waals surface area contributed by atoms with Crippen LogP contribution in [0.4, 0.5) is 5.69 Å². The lowest BCUT2D eigenvalue weighted by atomic mass is 10.0. The van der Waals surface area contributed by atoms with Crippen LogP contribution in [0.2, 0.25) is 0 Å². The summed E-state index contributed by atoms with van der Waals surface area (Å²) in [6, 6.07) is 11.9. The van der Waals surface area contributed by atoms with Crippen molar-refractivity contribution in [2.24, 2.45) is 5.92 Å². The molecule has 1 aromatic carbocycles. The number of rotatable bonds is 9. The number of furan rings is 1. The van der Waals surface area contributed by atoms with Crippen LogP contribution in [0.15, 0.2) is 51.6 Å². The van der Waals surface area contributed by atoms with Crippen LogP contribution in [0.3, 0.4) is 0 Å². The Morgan fingerprint density at radius 1 is 1.28 bits per heavy atom. The Morgan fingerprint density at radius 3 is 2.83 bits per heavy atom. The third-order valence-corrected chi connectivity index (χ3v) is 3.95. The number of aryl methyl sites for hydroxylation is 1. The maximum atomic E-state index is 12.4. The van der Waals surface area contributed by atoms with Crippen LogP contribution < -0.4 is 10.1 Å². The summed E-state index contributed by atoms with van der Waals surface area (Å²) in [7, 11) is 0. The highest BCUT2D eigenvalue weighted by Gasteiger charge is 2.27. The number of benzene rings is 1. The number of ether oxygens (including phenoxy) is 1. The third kappa shape index (κ3) is 4.87. The largest absolute Gasteiger partial charge is 0.492 e. The van der Waals surface area contributed by atoms with Gasteiger partial charge in [0.05, 0.1) is 24.6 Å². The molecule has 0 bridgehead atoms. The summed E-state index contributed by atoms with van der Waals surface area (Å²) in [5, 5.41) is 15.7. The van der Waals surface area contributed by atoms with E-state index in [1.165, 1.54) is 6.26 Å². The van der Waals surface area contributed by atoms with Gasteiger partial charge in [-0.2, -0.15) is 10.2 Å². The van der Waals surface area contributed by atoms with E-state index in [-0.39, 0.29) is 24.6 Å². The molecule has 2 heterocycles. The van der Waals surface area contributed by atoms with Crippen molar-refractivity contribution in [1.29, 1.82) is 5.26 Å². The molecule has 0 fully saturated rings. The van der Waals surface area contributed by atoms with Gasteiger partial charge in [-0.25, -0.2) is 0 Å². The highest BCUT2D eigenvalue weighted by molar-refractivity contribution is 6.09. The van der Waals surface area contributed by atoms with Crippen LogP contribution in [0.1, 0.15) is 19.2 Å². The Bertz CT molecular complexity index is 1020. The first-order valence-corrected chi connectivity index (χ1v) is 8.93. The number of nitriles is 1. The second-order valence-electron chi connectivity index (χ2n) is 5.94. The van der Waals surface area contributed by atoms with Gasteiger partial charge < -0.3 is 19.0 Å². The predicted molar refractivity (Wildman–Crippen MR) is 101 cm³/mol. The van der Waals surface area contributed by atoms with E-state index in [1.54, 1.807) is 42.5 Å². The van der Waals surface area contributed by atoms with Crippen molar-refractivity contribution in [3.8, 4) is 23.4 Å². The van der Waals surface area contributed by atoms with E-state index in [0.717, 1.165) is 0 Å². The lowest BCUT2D eigenvalue weighted by Crippen LogP contribution is -2.29. The van der Waals surface area contributed by atoms with Crippen LogP contribution in [-0.4, -0.2) is 28.4 Å². The maximum Gasteiger partial charge on any atom is 0.249 e. The molecule has 0 saturated carbocycles. The van der Waals surface area contributed by atoms with Crippen LogP contribution in [0, 0.1) is 17.2 Å². The number of para-hydroxylation sites is 2. The fraction of sp³-hybridized carbons (Fsp3) is 0.250. The summed E-state index contributed by atoms with van der Waals surface area (Å²) in [5.74, 6) is -1.35. The van der Waals surface area contributed by atoms with E-state index in [9.17, 15) is 14.9 Å². The van der Waals surface area contributed by atoms with Crippen molar-refractivity contribution in [3.05, 3.63) is 48.6 Å². The van der Waals surface area contributed by atoms with E-state index in [4.69, 9.17) is 13.7 Å². The average Bonchev–Trinajstić information content (AvgIpc) is 3.40. The third-order valence-electron chi connectivity index (χ3n) is 3.95. The van der Waals surface area contributed by atoms with E-state index in [1.807, 2.05) is 6.92 Å². The summed E-state index contributed by atoms with van der Waals surface area (Å²) in [5.41, 5.74) is 0.396. The number of amides is 1. The molecule has 0 saturated heterocycles. The predicted octanol–water partition coefficient (Wildman–Crippen LogP) is 3.01. The average molecular weight is 394 g/mol. The lowest BCUT2D eigenvalue weighted by molar-refractivity contribution is -0.128. The minimum Gasteiger partial charge on any atom is -0.492 e. The number of ketones is 1. The molecule has 0 radical (unpaired) electrons. The zero-order valence-corrected chi connectivity index (χ0v) is 15.6. The van der Waals surface area contributed by atoms with Crippen molar-refractivity contribution in [3.63, 3.8) is 0 Å². The normalized spacial score (nSPS) is 11.4. The molecule has 148 valence electrons. The zero-order valence-electron chi connectivity index (χ0n) is 15.6. The molecular formula is C20H18N4O5. The molecule has 1 N–H and O–H groups in total. The number of anilines is 1. The van der Waals surface area contributed by atoms with Crippen molar-refractivity contribution in [1.82, 2.24) is 10.1 Å². The minimum absolute atomic E-state index is 0.0987. The molecule has 29 heavy (non-hydrogen) atoms. The highest BCUT2D eigenvalue weighted by atomic mass is 16.5. The lowest BCUT2D eigenvalue weighted by Gasteiger charge is -2.13. The molecule has 1 atom stereocenters. The van der Waals surface area contributed by atoms with Gasteiger partial charge in [0.2, 0.25) is 17.6 Å². The topological polar surface area (TPSA) is 131 Å². The molecule has 2 aromatic heterocycles. The smallest absolute Gasteiger partial charge is 0.249 e. The quantitative estimate of drug-likeness (QED) is 0.548. The van der Waals surface area contributed by atoms with Gasteiger partial charge in [0.1, 0.15) is 5.75 Å². The Kier molecular flexibility index (Phi) is 6.37. The van der Waals surface area contributed by atoms with Gasteiger partial charge in [-0.1, -0.05) is 17.3 Å². The highest BCUT2D eigenvalue weighted by Crippen LogP contribution is 2.24. The number of nitrogens with one attached hydrogen (secondary N) is 1. The fourth-order valence-electron chi connectivity index (χ4n) is 2.57. The van der Waals surface area contributed by atoms with Gasteiger partial charge in [-0.3, -0.25) is 9.59 Å². The monoisotopic (exact) mass is 394 g/mol. The summed E-state index contributed by atoms with van der Waals surface area (Å²) < 4.78 is 15.7. The molecule has 0 aliphatic rings. The Balaban J connectivity index is 1.60. The van der Waals surface area contributed by atoms with Gasteiger partial charge in [-0.05, 0) is 31.2 Å². The number of hydrogen-bond donors (Lipinski definition) is 1.